The molecule has 0 saturated heterocycles. The number of carbonyl (C=O) groups excluding carboxylic acids is 2. The molecule has 16 heavy (non-hydrogen) atoms. The minimum absolute atomic E-state index is 0.235. The molecule has 2 aliphatic carbocycles. The number of hydrogen-bond acceptors (Lipinski definition) is 2. The van der Waals surface area contributed by atoms with Crippen molar-refractivity contribution in [1.29, 1.82) is 0 Å². The standard InChI is InChI=1S/C12H20N2O2/c15-8-13-4-1-5-14-12(16)11-7-9-2-3-10(11)6-9/h8-11H,1-7H2,(H,13,15)(H,14,16). The molecule has 0 aromatic rings. The van der Waals surface area contributed by atoms with Gasteiger partial charge in [-0.1, -0.05) is 6.42 Å². The third-order valence-corrected chi connectivity index (χ3v) is 3.96. The van der Waals surface area contributed by atoms with E-state index in [-0.39, 0.29) is 11.8 Å². The van der Waals surface area contributed by atoms with Crippen LogP contribution >= 0.6 is 0 Å². The Hall–Kier alpha value is -1.06. The van der Waals surface area contributed by atoms with Crippen LogP contribution in [0.2, 0.25) is 0 Å². The van der Waals surface area contributed by atoms with Gasteiger partial charge in [0.15, 0.2) is 0 Å². The van der Waals surface area contributed by atoms with Crippen LogP contribution in [-0.2, 0) is 9.59 Å². The van der Waals surface area contributed by atoms with Crippen LogP contribution in [-0.4, -0.2) is 25.4 Å². The summed E-state index contributed by atoms with van der Waals surface area (Å²) in [5.41, 5.74) is 0. The molecule has 2 N–H and O–H groups in total. The summed E-state index contributed by atoms with van der Waals surface area (Å²) < 4.78 is 0. The Morgan fingerprint density at radius 1 is 1.25 bits per heavy atom. The molecule has 4 nitrogen and oxygen atoms in total. The van der Waals surface area contributed by atoms with Crippen molar-refractivity contribution in [3.8, 4) is 0 Å². The van der Waals surface area contributed by atoms with Crippen LogP contribution in [0.5, 0.6) is 0 Å². The Kier molecular flexibility index (Phi) is 3.80. The highest BCUT2D eigenvalue weighted by Crippen LogP contribution is 2.48. The zero-order valence-corrected chi connectivity index (χ0v) is 9.58. The highest BCUT2D eigenvalue weighted by atomic mass is 16.2. The second kappa shape index (κ2) is 5.32. The van der Waals surface area contributed by atoms with E-state index in [0.29, 0.717) is 25.4 Å². The first-order valence-corrected chi connectivity index (χ1v) is 6.26. The Balaban J connectivity index is 1.63. The van der Waals surface area contributed by atoms with E-state index in [1.54, 1.807) is 0 Å². The van der Waals surface area contributed by atoms with E-state index in [9.17, 15) is 9.59 Å². The average Bonchev–Trinajstić information content (AvgIpc) is 2.90. The molecule has 90 valence electrons. The summed E-state index contributed by atoms with van der Waals surface area (Å²) >= 11 is 0. The highest BCUT2D eigenvalue weighted by molar-refractivity contribution is 5.79. The first kappa shape index (κ1) is 11.4. The molecule has 2 aliphatic rings. The predicted molar refractivity (Wildman–Crippen MR) is 60.6 cm³/mol. The van der Waals surface area contributed by atoms with Crippen LogP contribution in [0.15, 0.2) is 0 Å². The average molecular weight is 224 g/mol. The van der Waals surface area contributed by atoms with Gasteiger partial charge in [0.25, 0.3) is 0 Å². The number of carbonyl (C=O) groups is 2. The molecule has 3 unspecified atom stereocenters. The number of hydrogen-bond donors (Lipinski definition) is 2. The van der Waals surface area contributed by atoms with Crippen LogP contribution in [0.25, 0.3) is 0 Å². The Labute approximate surface area is 96.2 Å². The first-order chi connectivity index (χ1) is 7.81. The van der Waals surface area contributed by atoms with Crippen molar-refractivity contribution in [2.45, 2.75) is 32.1 Å². The largest absolute Gasteiger partial charge is 0.359 e. The fourth-order valence-corrected chi connectivity index (χ4v) is 3.16. The van der Waals surface area contributed by atoms with Gasteiger partial charge >= 0.3 is 0 Å². The van der Waals surface area contributed by atoms with Gasteiger partial charge in [-0.05, 0) is 37.5 Å². The van der Waals surface area contributed by atoms with Crippen molar-refractivity contribution < 1.29 is 9.59 Å². The van der Waals surface area contributed by atoms with Gasteiger partial charge in [-0.2, -0.15) is 0 Å². The summed E-state index contributed by atoms with van der Waals surface area (Å²) in [6, 6.07) is 0. The monoisotopic (exact) mass is 224 g/mol. The third-order valence-electron chi connectivity index (χ3n) is 3.96. The van der Waals surface area contributed by atoms with Gasteiger partial charge in [-0.3, -0.25) is 9.59 Å². The molecule has 0 aliphatic heterocycles. The summed E-state index contributed by atoms with van der Waals surface area (Å²) in [5.74, 6) is 1.98. The molecule has 0 radical (unpaired) electrons. The molecule has 2 amide bonds. The third kappa shape index (κ3) is 2.54. The van der Waals surface area contributed by atoms with Gasteiger partial charge in [0.05, 0.1) is 0 Å². The highest BCUT2D eigenvalue weighted by Gasteiger charge is 2.42. The minimum Gasteiger partial charge on any atom is -0.359 e. The second-order valence-electron chi connectivity index (χ2n) is 5.00. The maximum atomic E-state index is 11.9. The topological polar surface area (TPSA) is 58.2 Å². The van der Waals surface area contributed by atoms with Gasteiger partial charge in [-0.25, -0.2) is 0 Å². The van der Waals surface area contributed by atoms with E-state index in [2.05, 4.69) is 10.6 Å². The van der Waals surface area contributed by atoms with E-state index in [1.807, 2.05) is 0 Å². The number of amides is 2. The lowest BCUT2D eigenvalue weighted by Gasteiger charge is -2.20. The number of fused-ring (bicyclic) bond motifs is 2. The summed E-state index contributed by atoms with van der Waals surface area (Å²) in [6.07, 6.45) is 6.45. The van der Waals surface area contributed by atoms with Crippen molar-refractivity contribution in [1.82, 2.24) is 10.6 Å². The summed E-state index contributed by atoms with van der Waals surface area (Å²) in [5, 5.41) is 5.56. The van der Waals surface area contributed by atoms with E-state index < -0.39 is 0 Å². The molecule has 3 atom stereocenters. The normalized spacial score (nSPS) is 31.4. The van der Waals surface area contributed by atoms with Crippen LogP contribution < -0.4 is 10.6 Å². The lowest BCUT2D eigenvalue weighted by Crippen LogP contribution is -2.35. The summed E-state index contributed by atoms with van der Waals surface area (Å²) in [7, 11) is 0. The van der Waals surface area contributed by atoms with Gasteiger partial charge < -0.3 is 10.6 Å². The molecule has 0 heterocycles. The predicted octanol–water partition coefficient (Wildman–Crippen LogP) is 0.675. The van der Waals surface area contributed by atoms with Gasteiger partial charge in [-0.15, -0.1) is 0 Å². The maximum Gasteiger partial charge on any atom is 0.223 e. The SMILES string of the molecule is O=CNCCCNC(=O)C1CC2CCC1C2. The Morgan fingerprint density at radius 2 is 2.12 bits per heavy atom. The van der Waals surface area contributed by atoms with Crippen molar-refractivity contribution in [3.63, 3.8) is 0 Å². The lowest BCUT2D eigenvalue weighted by atomic mass is 9.88. The molecule has 0 aromatic carbocycles. The van der Waals surface area contributed by atoms with Crippen molar-refractivity contribution in [2.75, 3.05) is 13.1 Å². The molecular weight excluding hydrogens is 204 g/mol. The van der Waals surface area contributed by atoms with Gasteiger partial charge in [0, 0.05) is 19.0 Å². The molecule has 2 rings (SSSR count). The number of rotatable bonds is 6. The van der Waals surface area contributed by atoms with Crippen LogP contribution in [0.4, 0.5) is 0 Å². The van der Waals surface area contributed by atoms with E-state index in [1.165, 1.54) is 19.3 Å². The molecule has 4 heteroatoms. The molecule has 2 fully saturated rings. The summed E-state index contributed by atoms with van der Waals surface area (Å²) in [6.45, 7) is 1.31. The lowest BCUT2D eigenvalue weighted by molar-refractivity contribution is -0.126. The van der Waals surface area contributed by atoms with Gasteiger partial charge in [0.1, 0.15) is 0 Å². The molecular formula is C12H20N2O2. The molecule has 2 saturated carbocycles. The quantitative estimate of drug-likeness (QED) is 0.515. The van der Waals surface area contributed by atoms with Crippen molar-refractivity contribution in [3.05, 3.63) is 0 Å². The Bertz CT molecular complexity index is 268. The van der Waals surface area contributed by atoms with Crippen molar-refractivity contribution in [2.24, 2.45) is 17.8 Å². The Morgan fingerprint density at radius 3 is 2.75 bits per heavy atom. The van der Waals surface area contributed by atoms with Crippen LogP contribution in [0, 0.1) is 17.8 Å². The number of nitrogens with one attached hydrogen (secondary N) is 2. The second-order valence-corrected chi connectivity index (χ2v) is 5.00. The van der Waals surface area contributed by atoms with Gasteiger partial charge in [0.2, 0.25) is 12.3 Å². The summed E-state index contributed by atoms with van der Waals surface area (Å²) in [4.78, 5) is 21.9. The van der Waals surface area contributed by atoms with E-state index in [4.69, 9.17) is 0 Å². The molecule has 0 spiro atoms. The fourth-order valence-electron chi connectivity index (χ4n) is 3.16. The molecule has 2 bridgehead atoms. The van der Waals surface area contributed by atoms with E-state index >= 15 is 0 Å². The maximum absolute atomic E-state index is 11.9. The minimum atomic E-state index is 0.235. The zero-order chi connectivity index (χ0) is 11.4. The van der Waals surface area contributed by atoms with E-state index in [0.717, 1.165) is 18.8 Å². The first-order valence-electron chi connectivity index (χ1n) is 6.26. The van der Waals surface area contributed by atoms with Crippen LogP contribution in [0.3, 0.4) is 0 Å². The molecule has 0 aromatic heterocycles. The zero-order valence-electron chi connectivity index (χ0n) is 9.58. The fraction of sp³-hybridized carbons (Fsp3) is 0.833. The smallest absolute Gasteiger partial charge is 0.223 e. The van der Waals surface area contributed by atoms with Crippen LogP contribution in [0.1, 0.15) is 32.1 Å². The van der Waals surface area contributed by atoms with Crippen molar-refractivity contribution >= 4 is 12.3 Å².